The van der Waals surface area contributed by atoms with Gasteiger partial charge in [-0.05, 0) is 38.5 Å². The van der Waals surface area contributed by atoms with Crippen LogP contribution in [0.1, 0.15) is 26.6 Å². The van der Waals surface area contributed by atoms with Crippen LogP contribution in [0, 0.1) is 0 Å². The van der Waals surface area contributed by atoms with Crippen molar-refractivity contribution in [1.29, 1.82) is 0 Å². The number of nitrogens with one attached hydrogen (secondary N) is 1. The van der Waals surface area contributed by atoms with E-state index in [2.05, 4.69) is 9.97 Å². The molecule has 1 aromatic carbocycles. The molecule has 5 nitrogen and oxygen atoms in total. The predicted octanol–water partition coefficient (Wildman–Crippen LogP) is 3.07. The lowest BCUT2D eigenvalue weighted by Gasteiger charge is -2.23. The van der Waals surface area contributed by atoms with Crippen molar-refractivity contribution in [3.8, 4) is 17.0 Å². The number of aromatic hydroxyl groups is 1. The zero-order valence-corrected chi connectivity index (χ0v) is 12.9. The summed E-state index contributed by atoms with van der Waals surface area (Å²) < 4.78 is 5.53. The molecule has 0 unspecified atom stereocenters. The molecule has 21 heavy (non-hydrogen) atoms. The summed E-state index contributed by atoms with van der Waals surface area (Å²) >= 11 is 5.82. The van der Waals surface area contributed by atoms with E-state index < -0.39 is 11.2 Å². The molecule has 0 aliphatic heterocycles. The Kier molecular flexibility index (Phi) is 4.34. The first-order chi connectivity index (χ1) is 9.85. The van der Waals surface area contributed by atoms with Gasteiger partial charge in [0.25, 0.3) is 5.56 Å². The molecule has 0 atom stereocenters. The Morgan fingerprint density at radius 3 is 2.48 bits per heavy atom. The Bertz CT molecular complexity index is 693. The molecule has 0 fully saturated rings. The standard InChI is InChI=1S/C15H17ClN2O3/c1-4-21-15(2,3)14-17-12(19)11(13(20)18-14)9-5-7-10(16)8-6-9/h5-8H,4H2,1-3H3,(H2,17,18,19,20). The highest BCUT2D eigenvalue weighted by Crippen LogP contribution is 2.28. The Balaban J connectivity index is 2.52. The number of benzene rings is 1. The van der Waals surface area contributed by atoms with Crippen LogP contribution in [0.3, 0.4) is 0 Å². The minimum atomic E-state index is -0.788. The van der Waals surface area contributed by atoms with Gasteiger partial charge < -0.3 is 14.8 Å². The number of nitrogens with zero attached hydrogens (tertiary/aromatic N) is 1. The van der Waals surface area contributed by atoms with Gasteiger partial charge in [-0.3, -0.25) is 4.79 Å². The molecule has 2 N–H and O–H groups in total. The van der Waals surface area contributed by atoms with Gasteiger partial charge >= 0.3 is 0 Å². The summed E-state index contributed by atoms with van der Waals surface area (Å²) in [6, 6.07) is 6.60. The van der Waals surface area contributed by atoms with Crippen LogP contribution in [0.4, 0.5) is 0 Å². The molecule has 6 heteroatoms. The summed E-state index contributed by atoms with van der Waals surface area (Å²) in [6.07, 6.45) is 0. The number of hydrogen-bond acceptors (Lipinski definition) is 4. The van der Waals surface area contributed by atoms with Gasteiger partial charge in [0.15, 0.2) is 0 Å². The van der Waals surface area contributed by atoms with Crippen molar-refractivity contribution in [3.63, 3.8) is 0 Å². The molecule has 0 spiro atoms. The maximum absolute atomic E-state index is 12.3. The van der Waals surface area contributed by atoms with Gasteiger partial charge in [0.05, 0.1) is 0 Å². The first-order valence-electron chi connectivity index (χ1n) is 6.59. The molecule has 0 bridgehead atoms. The molecule has 0 saturated heterocycles. The van der Waals surface area contributed by atoms with Crippen molar-refractivity contribution < 1.29 is 9.84 Å². The molecule has 2 rings (SSSR count). The van der Waals surface area contributed by atoms with E-state index in [1.807, 2.05) is 6.92 Å². The number of rotatable bonds is 4. The van der Waals surface area contributed by atoms with E-state index in [1.54, 1.807) is 38.1 Å². The van der Waals surface area contributed by atoms with E-state index in [4.69, 9.17) is 16.3 Å². The van der Waals surface area contributed by atoms with E-state index >= 15 is 0 Å². The summed E-state index contributed by atoms with van der Waals surface area (Å²) in [5, 5.41) is 10.7. The number of H-pyrrole nitrogens is 1. The van der Waals surface area contributed by atoms with Gasteiger partial charge in [-0.15, -0.1) is 0 Å². The molecule has 2 aromatic rings. The second kappa shape index (κ2) is 5.87. The van der Waals surface area contributed by atoms with Crippen LogP contribution in [0.25, 0.3) is 11.1 Å². The minimum absolute atomic E-state index is 0.114. The molecule has 0 radical (unpaired) electrons. The second-order valence-electron chi connectivity index (χ2n) is 5.06. The maximum Gasteiger partial charge on any atom is 0.262 e. The number of halogens is 1. The highest BCUT2D eigenvalue weighted by atomic mass is 35.5. The summed E-state index contributed by atoms with van der Waals surface area (Å²) in [5.74, 6) is -0.0478. The van der Waals surface area contributed by atoms with Crippen molar-refractivity contribution in [2.45, 2.75) is 26.4 Å². The quantitative estimate of drug-likeness (QED) is 0.910. The van der Waals surface area contributed by atoms with Crippen LogP contribution < -0.4 is 5.56 Å². The summed E-state index contributed by atoms with van der Waals surface area (Å²) in [4.78, 5) is 19.0. The first kappa shape index (κ1) is 15.5. The van der Waals surface area contributed by atoms with Gasteiger partial charge in [0.1, 0.15) is 17.0 Å². The number of ether oxygens (including phenoxy) is 1. The zero-order valence-electron chi connectivity index (χ0n) is 12.1. The fourth-order valence-corrected chi connectivity index (χ4v) is 2.18. The number of aromatic nitrogens is 2. The molecule has 0 saturated carbocycles. The fourth-order valence-electron chi connectivity index (χ4n) is 2.05. The number of aromatic amines is 1. The highest BCUT2D eigenvalue weighted by molar-refractivity contribution is 6.30. The normalized spacial score (nSPS) is 11.6. The van der Waals surface area contributed by atoms with Crippen LogP contribution in [-0.2, 0) is 10.3 Å². The second-order valence-corrected chi connectivity index (χ2v) is 5.50. The predicted molar refractivity (Wildman–Crippen MR) is 81.6 cm³/mol. The van der Waals surface area contributed by atoms with E-state index in [9.17, 15) is 9.90 Å². The van der Waals surface area contributed by atoms with Crippen LogP contribution in [0.15, 0.2) is 29.1 Å². The van der Waals surface area contributed by atoms with E-state index in [1.165, 1.54) is 0 Å². The third kappa shape index (κ3) is 3.25. The first-order valence-corrected chi connectivity index (χ1v) is 6.96. The average Bonchev–Trinajstić information content (AvgIpc) is 2.40. The van der Waals surface area contributed by atoms with Crippen LogP contribution in [0.5, 0.6) is 5.88 Å². The lowest BCUT2D eigenvalue weighted by molar-refractivity contribution is -0.0213. The Morgan fingerprint density at radius 1 is 1.33 bits per heavy atom. The van der Waals surface area contributed by atoms with Gasteiger partial charge in [-0.1, -0.05) is 23.7 Å². The van der Waals surface area contributed by atoms with Crippen molar-refractivity contribution in [3.05, 3.63) is 45.5 Å². The maximum atomic E-state index is 12.3. The zero-order chi connectivity index (χ0) is 15.6. The molecule has 0 amide bonds. The molecule has 0 aliphatic rings. The number of hydrogen-bond donors (Lipinski definition) is 2. The van der Waals surface area contributed by atoms with E-state index in [0.717, 1.165) is 0 Å². The Hall–Kier alpha value is -1.85. The summed E-state index contributed by atoms with van der Waals surface area (Å²) in [5.41, 5.74) is -0.550. The topological polar surface area (TPSA) is 75.2 Å². The molecular formula is C15H17ClN2O3. The van der Waals surface area contributed by atoms with Crippen molar-refractivity contribution >= 4 is 11.6 Å². The monoisotopic (exact) mass is 308 g/mol. The van der Waals surface area contributed by atoms with Gasteiger partial charge in [0, 0.05) is 11.6 Å². The van der Waals surface area contributed by atoms with Crippen LogP contribution >= 0.6 is 11.6 Å². The lowest BCUT2D eigenvalue weighted by atomic mass is 10.1. The Labute approximate surface area is 127 Å². The average molecular weight is 309 g/mol. The highest BCUT2D eigenvalue weighted by Gasteiger charge is 2.26. The van der Waals surface area contributed by atoms with E-state index in [-0.39, 0.29) is 17.3 Å². The minimum Gasteiger partial charge on any atom is -0.493 e. The van der Waals surface area contributed by atoms with E-state index in [0.29, 0.717) is 17.2 Å². The largest absolute Gasteiger partial charge is 0.493 e. The third-order valence-electron chi connectivity index (χ3n) is 3.11. The third-order valence-corrected chi connectivity index (χ3v) is 3.36. The molecule has 112 valence electrons. The fraction of sp³-hybridized carbons (Fsp3) is 0.333. The van der Waals surface area contributed by atoms with Crippen LogP contribution in [-0.4, -0.2) is 21.7 Å². The lowest BCUT2D eigenvalue weighted by Crippen LogP contribution is -2.28. The molecule has 1 aromatic heterocycles. The molecule has 0 aliphatic carbocycles. The molecule has 1 heterocycles. The summed E-state index contributed by atoms with van der Waals surface area (Å²) in [6.45, 7) is 5.87. The SMILES string of the molecule is CCOC(C)(C)c1nc(O)c(-c2ccc(Cl)cc2)c(=O)[nH]1. The smallest absolute Gasteiger partial charge is 0.262 e. The molecular weight excluding hydrogens is 292 g/mol. The van der Waals surface area contributed by atoms with Crippen molar-refractivity contribution in [2.75, 3.05) is 6.61 Å². The van der Waals surface area contributed by atoms with Gasteiger partial charge in [0.2, 0.25) is 5.88 Å². The summed E-state index contributed by atoms with van der Waals surface area (Å²) in [7, 11) is 0. The van der Waals surface area contributed by atoms with Crippen molar-refractivity contribution in [1.82, 2.24) is 9.97 Å². The van der Waals surface area contributed by atoms with Gasteiger partial charge in [-0.2, -0.15) is 4.98 Å². The van der Waals surface area contributed by atoms with Crippen LogP contribution in [0.2, 0.25) is 5.02 Å². The van der Waals surface area contributed by atoms with Crippen molar-refractivity contribution in [2.24, 2.45) is 0 Å². The van der Waals surface area contributed by atoms with Gasteiger partial charge in [-0.25, -0.2) is 0 Å². The Morgan fingerprint density at radius 2 is 1.95 bits per heavy atom.